The number of hydrogen-bond donors (Lipinski definition) is 1. The predicted octanol–water partition coefficient (Wildman–Crippen LogP) is 1.08. The molecule has 96 valence electrons. The molecular formula is C10H14O7. The molecule has 0 spiro atoms. The SMILES string of the molecule is C=C(CC(=O)O)C(=O)OCOC(=O)OC(C)C. The van der Waals surface area contributed by atoms with E-state index in [2.05, 4.69) is 20.8 Å². The van der Waals surface area contributed by atoms with Gasteiger partial charge in [-0.15, -0.1) is 0 Å². The van der Waals surface area contributed by atoms with Crippen LogP contribution in [0.25, 0.3) is 0 Å². The Morgan fingerprint density at radius 1 is 1.24 bits per heavy atom. The van der Waals surface area contributed by atoms with Gasteiger partial charge in [-0.2, -0.15) is 0 Å². The maximum Gasteiger partial charge on any atom is 0.511 e. The van der Waals surface area contributed by atoms with E-state index in [0.29, 0.717) is 0 Å². The van der Waals surface area contributed by atoms with Crippen LogP contribution in [0.5, 0.6) is 0 Å². The van der Waals surface area contributed by atoms with E-state index < -0.39 is 31.3 Å². The molecule has 0 aliphatic rings. The summed E-state index contributed by atoms with van der Waals surface area (Å²) in [6.07, 6.45) is -1.85. The fourth-order valence-electron chi connectivity index (χ4n) is 0.714. The minimum absolute atomic E-state index is 0.238. The maximum atomic E-state index is 11.1. The van der Waals surface area contributed by atoms with Crippen LogP contribution in [0.15, 0.2) is 12.2 Å². The molecule has 0 heterocycles. The topological polar surface area (TPSA) is 99.1 Å². The van der Waals surface area contributed by atoms with Gasteiger partial charge in [-0.05, 0) is 13.8 Å². The predicted molar refractivity (Wildman–Crippen MR) is 55.1 cm³/mol. The molecule has 0 radical (unpaired) electrons. The minimum atomic E-state index is -1.20. The lowest BCUT2D eigenvalue weighted by Gasteiger charge is -2.09. The van der Waals surface area contributed by atoms with Gasteiger partial charge in [0.25, 0.3) is 0 Å². The van der Waals surface area contributed by atoms with Crippen LogP contribution >= 0.6 is 0 Å². The van der Waals surface area contributed by atoms with Gasteiger partial charge >= 0.3 is 18.1 Å². The fourth-order valence-corrected chi connectivity index (χ4v) is 0.714. The monoisotopic (exact) mass is 246 g/mol. The summed E-state index contributed by atoms with van der Waals surface area (Å²) in [6, 6.07) is 0. The molecule has 0 unspecified atom stereocenters. The number of esters is 1. The average Bonchev–Trinajstić information content (AvgIpc) is 2.14. The fraction of sp³-hybridized carbons (Fsp3) is 0.500. The number of ether oxygens (including phenoxy) is 3. The molecule has 0 rings (SSSR count). The molecule has 7 heteroatoms. The Balaban J connectivity index is 3.82. The normalized spacial score (nSPS) is 9.59. The molecule has 0 saturated heterocycles. The van der Waals surface area contributed by atoms with E-state index in [9.17, 15) is 14.4 Å². The molecule has 0 bridgehead atoms. The molecule has 0 aliphatic heterocycles. The molecule has 0 aromatic heterocycles. The number of carbonyl (C=O) groups is 3. The number of carboxylic acid groups (broad SMARTS) is 1. The molecule has 7 nitrogen and oxygen atoms in total. The highest BCUT2D eigenvalue weighted by molar-refractivity contribution is 5.92. The Labute approximate surface area is 98.0 Å². The van der Waals surface area contributed by atoms with Gasteiger partial charge < -0.3 is 19.3 Å². The molecule has 0 aromatic rings. The first-order valence-corrected chi connectivity index (χ1v) is 4.73. The Bertz CT molecular complexity index is 319. The average molecular weight is 246 g/mol. The van der Waals surface area contributed by atoms with Gasteiger partial charge in [-0.25, -0.2) is 9.59 Å². The molecule has 0 aromatic carbocycles. The smallest absolute Gasteiger partial charge is 0.481 e. The first-order valence-electron chi connectivity index (χ1n) is 4.73. The molecule has 0 amide bonds. The zero-order valence-electron chi connectivity index (χ0n) is 9.60. The summed E-state index contributed by atoms with van der Waals surface area (Å²) in [5, 5.41) is 8.37. The minimum Gasteiger partial charge on any atom is -0.481 e. The number of hydrogen-bond acceptors (Lipinski definition) is 6. The van der Waals surface area contributed by atoms with Crippen LogP contribution in [0, 0.1) is 0 Å². The summed E-state index contributed by atoms with van der Waals surface area (Å²) >= 11 is 0. The van der Waals surface area contributed by atoms with Gasteiger partial charge in [0.1, 0.15) is 0 Å². The van der Waals surface area contributed by atoms with Gasteiger partial charge in [-0.3, -0.25) is 4.79 Å². The Hall–Kier alpha value is -2.05. The van der Waals surface area contributed by atoms with Crippen LogP contribution in [-0.2, 0) is 23.8 Å². The molecule has 0 aliphatic carbocycles. The molecular weight excluding hydrogens is 232 g/mol. The van der Waals surface area contributed by atoms with Crippen LogP contribution in [0.3, 0.4) is 0 Å². The third-order valence-electron chi connectivity index (χ3n) is 1.35. The third-order valence-corrected chi connectivity index (χ3v) is 1.35. The summed E-state index contributed by atoms with van der Waals surface area (Å²) in [6.45, 7) is 5.82. The Morgan fingerprint density at radius 2 is 1.82 bits per heavy atom. The van der Waals surface area contributed by atoms with E-state index in [4.69, 9.17) is 5.11 Å². The van der Waals surface area contributed by atoms with Crippen LogP contribution in [-0.4, -0.2) is 36.1 Å². The van der Waals surface area contributed by atoms with Crippen LogP contribution in [0.1, 0.15) is 20.3 Å². The number of carbonyl (C=O) groups excluding carboxylic acids is 2. The van der Waals surface area contributed by atoms with Crippen LogP contribution in [0.2, 0.25) is 0 Å². The summed E-state index contributed by atoms with van der Waals surface area (Å²) < 4.78 is 13.4. The Kier molecular flexibility index (Phi) is 6.39. The van der Waals surface area contributed by atoms with E-state index in [1.165, 1.54) is 0 Å². The van der Waals surface area contributed by atoms with Crippen molar-refractivity contribution in [2.45, 2.75) is 26.4 Å². The van der Waals surface area contributed by atoms with Crippen LogP contribution < -0.4 is 0 Å². The third kappa shape index (κ3) is 7.83. The largest absolute Gasteiger partial charge is 0.511 e. The highest BCUT2D eigenvalue weighted by Crippen LogP contribution is 2.01. The second kappa shape index (κ2) is 7.26. The van der Waals surface area contributed by atoms with Crippen molar-refractivity contribution in [3.63, 3.8) is 0 Å². The molecule has 1 N–H and O–H groups in total. The lowest BCUT2D eigenvalue weighted by molar-refractivity contribution is -0.150. The first-order chi connectivity index (χ1) is 7.82. The molecule has 0 atom stereocenters. The van der Waals surface area contributed by atoms with Gasteiger partial charge in [0.2, 0.25) is 6.79 Å². The van der Waals surface area contributed by atoms with Gasteiger partial charge in [-0.1, -0.05) is 6.58 Å². The van der Waals surface area contributed by atoms with Crippen molar-refractivity contribution in [2.24, 2.45) is 0 Å². The van der Waals surface area contributed by atoms with E-state index in [-0.39, 0.29) is 11.7 Å². The molecule has 17 heavy (non-hydrogen) atoms. The highest BCUT2D eigenvalue weighted by atomic mass is 16.8. The zero-order chi connectivity index (χ0) is 13.4. The Morgan fingerprint density at radius 3 is 2.29 bits per heavy atom. The van der Waals surface area contributed by atoms with Crippen molar-refractivity contribution < 1.29 is 33.7 Å². The summed E-state index contributed by atoms with van der Waals surface area (Å²) in [5.41, 5.74) is -0.238. The van der Waals surface area contributed by atoms with Gasteiger partial charge in [0, 0.05) is 5.57 Å². The molecule has 0 fully saturated rings. The van der Waals surface area contributed by atoms with E-state index in [1.807, 2.05) is 0 Å². The highest BCUT2D eigenvalue weighted by Gasteiger charge is 2.13. The van der Waals surface area contributed by atoms with Gasteiger partial charge in [0.15, 0.2) is 0 Å². The quantitative estimate of drug-likeness (QED) is 0.425. The maximum absolute atomic E-state index is 11.1. The molecule has 0 saturated carbocycles. The second-order valence-corrected chi connectivity index (χ2v) is 3.28. The summed E-state index contributed by atoms with van der Waals surface area (Å²) in [7, 11) is 0. The van der Waals surface area contributed by atoms with Crippen molar-refractivity contribution in [2.75, 3.05) is 6.79 Å². The second-order valence-electron chi connectivity index (χ2n) is 3.28. The number of rotatable bonds is 6. The van der Waals surface area contributed by atoms with E-state index in [1.54, 1.807) is 13.8 Å². The number of carboxylic acids is 1. The van der Waals surface area contributed by atoms with Gasteiger partial charge in [0.05, 0.1) is 12.5 Å². The van der Waals surface area contributed by atoms with Crippen LogP contribution in [0.4, 0.5) is 4.79 Å². The van der Waals surface area contributed by atoms with E-state index in [0.717, 1.165) is 0 Å². The van der Waals surface area contributed by atoms with E-state index >= 15 is 0 Å². The lowest BCUT2D eigenvalue weighted by Crippen LogP contribution is -2.18. The van der Waals surface area contributed by atoms with Crippen molar-refractivity contribution in [1.29, 1.82) is 0 Å². The lowest BCUT2D eigenvalue weighted by atomic mass is 10.2. The van der Waals surface area contributed by atoms with Crippen molar-refractivity contribution in [3.05, 3.63) is 12.2 Å². The van der Waals surface area contributed by atoms with Crippen molar-refractivity contribution >= 4 is 18.1 Å². The number of aliphatic carboxylic acids is 1. The standard InChI is InChI=1S/C10H14O7/c1-6(2)17-10(14)16-5-15-9(13)7(3)4-8(11)12/h6H,3-5H2,1-2H3,(H,11,12). The first kappa shape index (κ1) is 14.9. The van der Waals surface area contributed by atoms with Crippen molar-refractivity contribution in [3.8, 4) is 0 Å². The van der Waals surface area contributed by atoms with Crippen molar-refractivity contribution in [1.82, 2.24) is 0 Å². The zero-order valence-corrected chi connectivity index (χ0v) is 9.60. The summed E-state index contributed by atoms with van der Waals surface area (Å²) in [5.74, 6) is -2.14. The summed E-state index contributed by atoms with van der Waals surface area (Å²) in [4.78, 5) is 32.1.